The van der Waals surface area contributed by atoms with Gasteiger partial charge in [0.05, 0.1) is 0 Å². The van der Waals surface area contributed by atoms with E-state index in [0.717, 1.165) is 6.07 Å². The number of aliphatic hydroxyl groups excluding tert-OH is 1. The molecule has 0 fully saturated rings. The second-order valence-electron chi connectivity index (χ2n) is 3.73. The summed E-state index contributed by atoms with van der Waals surface area (Å²) in [4.78, 5) is 0. The van der Waals surface area contributed by atoms with Crippen LogP contribution in [0.3, 0.4) is 0 Å². The smallest absolute Gasteiger partial charge is 0.125 e. The SMILES string of the molecule is Nc1cc(F)ccc1C(O)c1ccccc1O. The molecule has 4 heteroatoms. The van der Waals surface area contributed by atoms with E-state index in [1.807, 2.05) is 0 Å². The lowest BCUT2D eigenvalue weighted by Gasteiger charge is -2.15. The van der Waals surface area contributed by atoms with Crippen LogP contribution in [0.1, 0.15) is 17.2 Å². The number of rotatable bonds is 2. The van der Waals surface area contributed by atoms with Crippen LogP contribution in [0.25, 0.3) is 0 Å². The van der Waals surface area contributed by atoms with E-state index in [4.69, 9.17) is 5.73 Å². The topological polar surface area (TPSA) is 66.5 Å². The van der Waals surface area contributed by atoms with E-state index >= 15 is 0 Å². The Balaban J connectivity index is 2.44. The van der Waals surface area contributed by atoms with Crippen LogP contribution >= 0.6 is 0 Å². The Morgan fingerprint density at radius 3 is 2.41 bits per heavy atom. The molecule has 2 aromatic rings. The second-order valence-corrected chi connectivity index (χ2v) is 3.73. The Kier molecular flexibility index (Phi) is 2.97. The van der Waals surface area contributed by atoms with Gasteiger partial charge in [-0.3, -0.25) is 0 Å². The number of aromatic hydroxyl groups is 1. The van der Waals surface area contributed by atoms with Crippen molar-refractivity contribution in [1.82, 2.24) is 0 Å². The number of benzene rings is 2. The summed E-state index contributed by atoms with van der Waals surface area (Å²) in [7, 11) is 0. The fourth-order valence-corrected chi connectivity index (χ4v) is 1.68. The zero-order valence-electron chi connectivity index (χ0n) is 8.97. The van der Waals surface area contributed by atoms with E-state index < -0.39 is 11.9 Å². The molecule has 0 heterocycles. The lowest BCUT2D eigenvalue weighted by atomic mass is 9.99. The highest BCUT2D eigenvalue weighted by Gasteiger charge is 2.16. The van der Waals surface area contributed by atoms with Crippen molar-refractivity contribution in [3.63, 3.8) is 0 Å². The highest BCUT2D eigenvalue weighted by Crippen LogP contribution is 2.31. The average molecular weight is 233 g/mol. The van der Waals surface area contributed by atoms with Crippen LogP contribution in [-0.2, 0) is 0 Å². The highest BCUT2D eigenvalue weighted by molar-refractivity contribution is 5.52. The quantitative estimate of drug-likeness (QED) is 0.696. The van der Waals surface area contributed by atoms with Gasteiger partial charge in [0.1, 0.15) is 17.7 Å². The van der Waals surface area contributed by atoms with Crippen LogP contribution in [0.15, 0.2) is 42.5 Å². The number of anilines is 1. The van der Waals surface area contributed by atoms with Gasteiger partial charge >= 0.3 is 0 Å². The monoisotopic (exact) mass is 233 g/mol. The molecule has 17 heavy (non-hydrogen) atoms. The molecule has 0 aliphatic rings. The van der Waals surface area contributed by atoms with E-state index in [1.54, 1.807) is 18.2 Å². The van der Waals surface area contributed by atoms with E-state index in [0.29, 0.717) is 11.1 Å². The molecule has 0 aliphatic carbocycles. The maximum absolute atomic E-state index is 12.9. The summed E-state index contributed by atoms with van der Waals surface area (Å²) >= 11 is 0. The zero-order chi connectivity index (χ0) is 12.4. The number of phenolic OH excluding ortho intramolecular Hbond substituents is 1. The molecule has 0 amide bonds. The summed E-state index contributed by atoms with van der Waals surface area (Å²) in [5, 5.41) is 19.7. The Morgan fingerprint density at radius 1 is 1.06 bits per heavy atom. The van der Waals surface area contributed by atoms with Gasteiger partial charge in [0.25, 0.3) is 0 Å². The molecular formula is C13H12FNO2. The van der Waals surface area contributed by atoms with Crippen LogP contribution in [0.4, 0.5) is 10.1 Å². The van der Waals surface area contributed by atoms with E-state index in [9.17, 15) is 14.6 Å². The van der Waals surface area contributed by atoms with Crippen LogP contribution in [-0.4, -0.2) is 10.2 Å². The van der Waals surface area contributed by atoms with Crippen molar-refractivity contribution in [2.75, 3.05) is 5.73 Å². The summed E-state index contributed by atoms with van der Waals surface area (Å²) < 4.78 is 12.9. The molecular weight excluding hydrogens is 221 g/mol. The van der Waals surface area contributed by atoms with Gasteiger partial charge in [-0.1, -0.05) is 24.3 Å². The van der Waals surface area contributed by atoms with Crippen molar-refractivity contribution >= 4 is 5.69 Å². The average Bonchev–Trinajstić information content (AvgIpc) is 2.29. The lowest BCUT2D eigenvalue weighted by molar-refractivity contribution is 0.216. The number of hydrogen-bond acceptors (Lipinski definition) is 3. The number of para-hydroxylation sites is 1. The molecule has 1 atom stereocenters. The van der Waals surface area contributed by atoms with Crippen molar-refractivity contribution in [1.29, 1.82) is 0 Å². The van der Waals surface area contributed by atoms with Crippen molar-refractivity contribution in [2.24, 2.45) is 0 Å². The number of halogens is 1. The maximum Gasteiger partial charge on any atom is 0.125 e. The normalized spacial score (nSPS) is 12.4. The first kappa shape index (κ1) is 11.4. The Bertz CT molecular complexity index is 543. The fourth-order valence-electron chi connectivity index (χ4n) is 1.68. The van der Waals surface area contributed by atoms with Gasteiger partial charge in [-0.2, -0.15) is 0 Å². The minimum atomic E-state index is -1.07. The molecule has 0 radical (unpaired) electrons. The summed E-state index contributed by atoms with van der Waals surface area (Å²) in [6.45, 7) is 0. The van der Waals surface area contributed by atoms with Gasteiger partial charge < -0.3 is 15.9 Å². The minimum absolute atomic E-state index is 0.0243. The molecule has 4 N–H and O–H groups in total. The van der Waals surface area contributed by atoms with E-state index in [2.05, 4.69) is 0 Å². The molecule has 1 unspecified atom stereocenters. The predicted molar refractivity (Wildman–Crippen MR) is 63.0 cm³/mol. The third kappa shape index (κ3) is 2.21. The predicted octanol–water partition coefficient (Wildman–Crippen LogP) is 2.20. The molecule has 88 valence electrons. The van der Waals surface area contributed by atoms with Crippen LogP contribution in [0.5, 0.6) is 5.75 Å². The summed E-state index contributed by atoms with van der Waals surface area (Å²) in [6.07, 6.45) is -1.07. The van der Waals surface area contributed by atoms with Gasteiger partial charge in [-0.25, -0.2) is 4.39 Å². The van der Waals surface area contributed by atoms with Crippen LogP contribution in [0.2, 0.25) is 0 Å². The van der Waals surface area contributed by atoms with Crippen molar-refractivity contribution in [2.45, 2.75) is 6.10 Å². The molecule has 0 aliphatic heterocycles. The van der Waals surface area contributed by atoms with Crippen molar-refractivity contribution < 1.29 is 14.6 Å². The molecule has 0 aromatic heterocycles. The van der Waals surface area contributed by atoms with Crippen molar-refractivity contribution in [3.8, 4) is 5.75 Å². The number of phenols is 1. The standard InChI is InChI=1S/C13H12FNO2/c14-8-5-6-9(11(15)7-8)13(17)10-3-1-2-4-12(10)16/h1-7,13,16-17H,15H2. The molecule has 0 saturated carbocycles. The van der Waals surface area contributed by atoms with Gasteiger partial charge in [0, 0.05) is 16.8 Å². The minimum Gasteiger partial charge on any atom is -0.508 e. The summed E-state index contributed by atoms with van der Waals surface area (Å²) in [5.74, 6) is -0.487. The maximum atomic E-state index is 12.9. The van der Waals surface area contributed by atoms with E-state index in [-0.39, 0.29) is 11.4 Å². The first-order valence-corrected chi connectivity index (χ1v) is 5.10. The first-order valence-electron chi connectivity index (χ1n) is 5.10. The third-order valence-corrected chi connectivity index (χ3v) is 2.57. The number of nitrogens with two attached hydrogens (primary N) is 1. The largest absolute Gasteiger partial charge is 0.508 e. The van der Waals surface area contributed by atoms with Crippen molar-refractivity contribution in [3.05, 3.63) is 59.4 Å². The molecule has 0 spiro atoms. The molecule has 0 saturated heterocycles. The fraction of sp³-hybridized carbons (Fsp3) is 0.0769. The lowest BCUT2D eigenvalue weighted by Crippen LogP contribution is -2.04. The molecule has 0 bridgehead atoms. The van der Waals surface area contributed by atoms with Gasteiger partial charge in [0.15, 0.2) is 0 Å². The van der Waals surface area contributed by atoms with E-state index in [1.165, 1.54) is 18.2 Å². The number of hydrogen-bond donors (Lipinski definition) is 3. The van der Waals surface area contributed by atoms with Gasteiger partial charge in [-0.05, 0) is 18.2 Å². The summed E-state index contributed by atoms with van der Waals surface area (Å²) in [5.41, 5.74) is 6.49. The van der Waals surface area contributed by atoms with Crippen LogP contribution < -0.4 is 5.73 Å². The second kappa shape index (κ2) is 4.43. The Morgan fingerprint density at radius 2 is 1.76 bits per heavy atom. The number of aliphatic hydroxyl groups is 1. The van der Waals surface area contributed by atoms with Crippen LogP contribution in [0, 0.1) is 5.82 Å². The molecule has 2 rings (SSSR count). The Hall–Kier alpha value is -2.07. The van der Waals surface area contributed by atoms with Gasteiger partial charge in [0.2, 0.25) is 0 Å². The Labute approximate surface area is 97.9 Å². The van der Waals surface area contributed by atoms with Gasteiger partial charge in [-0.15, -0.1) is 0 Å². The first-order chi connectivity index (χ1) is 8.09. The third-order valence-electron chi connectivity index (χ3n) is 2.57. The molecule has 3 nitrogen and oxygen atoms in total. The highest BCUT2D eigenvalue weighted by atomic mass is 19.1. The summed E-state index contributed by atoms with van der Waals surface area (Å²) in [6, 6.07) is 10.2. The zero-order valence-corrected chi connectivity index (χ0v) is 8.97. The molecule has 2 aromatic carbocycles. The number of nitrogen functional groups attached to an aromatic ring is 1.